The summed E-state index contributed by atoms with van der Waals surface area (Å²) in [6.45, 7) is 1.76. The fourth-order valence-electron chi connectivity index (χ4n) is 1.75. The minimum Gasteiger partial charge on any atom is -0.345 e. The number of hydrogen-bond donors (Lipinski definition) is 1. The molecule has 0 radical (unpaired) electrons. The van der Waals surface area contributed by atoms with Crippen molar-refractivity contribution in [3.05, 3.63) is 71.3 Å². The summed E-state index contributed by atoms with van der Waals surface area (Å²) in [6.07, 6.45) is 0. The van der Waals surface area contributed by atoms with Gasteiger partial charge in [0.2, 0.25) is 0 Å². The lowest BCUT2D eigenvalue weighted by molar-refractivity contribution is 0.0936. The SMILES string of the molecule is CC(NC(=O)c1ccccc1F)c1ccc(F)cc1. The molecule has 19 heavy (non-hydrogen) atoms. The van der Waals surface area contributed by atoms with Crippen LogP contribution in [-0.2, 0) is 0 Å². The summed E-state index contributed by atoms with van der Waals surface area (Å²) in [6, 6.07) is 11.3. The molecule has 0 saturated heterocycles. The Morgan fingerprint density at radius 2 is 1.68 bits per heavy atom. The summed E-state index contributed by atoms with van der Waals surface area (Å²) in [5.41, 5.74) is 0.752. The van der Waals surface area contributed by atoms with Gasteiger partial charge in [0.05, 0.1) is 11.6 Å². The summed E-state index contributed by atoms with van der Waals surface area (Å²) in [5, 5.41) is 2.67. The Bertz CT molecular complexity index is 581. The Balaban J connectivity index is 2.11. The highest BCUT2D eigenvalue weighted by atomic mass is 19.1. The number of rotatable bonds is 3. The Kier molecular flexibility index (Phi) is 3.90. The van der Waals surface area contributed by atoms with Crippen molar-refractivity contribution in [2.24, 2.45) is 0 Å². The van der Waals surface area contributed by atoms with E-state index in [2.05, 4.69) is 5.32 Å². The third-order valence-corrected chi connectivity index (χ3v) is 2.84. The van der Waals surface area contributed by atoms with E-state index in [1.54, 1.807) is 25.1 Å². The number of carbonyl (C=O) groups is 1. The molecule has 0 aliphatic heterocycles. The molecular weight excluding hydrogens is 248 g/mol. The molecule has 0 fully saturated rings. The normalized spacial score (nSPS) is 11.9. The Morgan fingerprint density at radius 1 is 1.05 bits per heavy atom. The van der Waals surface area contributed by atoms with Crippen molar-refractivity contribution in [3.63, 3.8) is 0 Å². The minimum absolute atomic E-state index is 0.00328. The first kappa shape index (κ1) is 13.2. The van der Waals surface area contributed by atoms with Gasteiger partial charge in [-0.1, -0.05) is 24.3 Å². The first-order valence-corrected chi connectivity index (χ1v) is 5.89. The molecule has 0 aliphatic rings. The molecule has 0 saturated carbocycles. The highest BCUT2D eigenvalue weighted by Crippen LogP contribution is 2.14. The van der Waals surface area contributed by atoms with Gasteiger partial charge in [-0.15, -0.1) is 0 Å². The summed E-state index contributed by atoms with van der Waals surface area (Å²) < 4.78 is 26.2. The molecule has 2 rings (SSSR count). The molecule has 1 atom stereocenters. The smallest absolute Gasteiger partial charge is 0.254 e. The molecular formula is C15H13F2NO. The maximum Gasteiger partial charge on any atom is 0.254 e. The van der Waals surface area contributed by atoms with E-state index < -0.39 is 11.7 Å². The van der Waals surface area contributed by atoms with E-state index >= 15 is 0 Å². The highest BCUT2D eigenvalue weighted by molar-refractivity contribution is 5.94. The van der Waals surface area contributed by atoms with Crippen LogP contribution in [0.3, 0.4) is 0 Å². The molecule has 1 unspecified atom stereocenters. The minimum atomic E-state index is -0.564. The third kappa shape index (κ3) is 3.16. The lowest BCUT2D eigenvalue weighted by Gasteiger charge is -2.14. The summed E-state index contributed by atoms with van der Waals surface area (Å²) in [5.74, 6) is -1.39. The quantitative estimate of drug-likeness (QED) is 0.900. The molecule has 0 bridgehead atoms. The zero-order chi connectivity index (χ0) is 13.8. The van der Waals surface area contributed by atoms with Crippen LogP contribution in [-0.4, -0.2) is 5.91 Å². The van der Waals surface area contributed by atoms with Gasteiger partial charge in [0, 0.05) is 0 Å². The molecule has 0 heterocycles. The van der Waals surface area contributed by atoms with Crippen LogP contribution in [0.15, 0.2) is 48.5 Å². The predicted molar refractivity (Wildman–Crippen MR) is 68.7 cm³/mol. The van der Waals surface area contributed by atoms with Gasteiger partial charge in [0.1, 0.15) is 11.6 Å². The van der Waals surface area contributed by atoms with Crippen LogP contribution in [0.25, 0.3) is 0 Å². The number of carbonyl (C=O) groups excluding carboxylic acids is 1. The van der Waals surface area contributed by atoms with E-state index in [-0.39, 0.29) is 17.4 Å². The maximum atomic E-state index is 13.4. The van der Waals surface area contributed by atoms with Gasteiger partial charge in [0.15, 0.2) is 0 Å². The van der Waals surface area contributed by atoms with Crippen LogP contribution in [0.4, 0.5) is 8.78 Å². The van der Waals surface area contributed by atoms with Gasteiger partial charge in [-0.05, 0) is 36.8 Å². The largest absolute Gasteiger partial charge is 0.345 e. The molecule has 2 nitrogen and oxygen atoms in total. The topological polar surface area (TPSA) is 29.1 Å². The van der Waals surface area contributed by atoms with Crippen molar-refractivity contribution in [2.75, 3.05) is 0 Å². The van der Waals surface area contributed by atoms with Crippen molar-refractivity contribution in [3.8, 4) is 0 Å². The summed E-state index contributed by atoms with van der Waals surface area (Å²) >= 11 is 0. The standard InChI is InChI=1S/C15H13F2NO/c1-10(11-6-8-12(16)9-7-11)18-15(19)13-4-2-3-5-14(13)17/h2-10H,1H3,(H,18,19). The van der Waals surface area contributed by atoms with Crippen LogP contribution >= 0.6 is 0 Å². The second-order valence-electron chi connectivity index (χ2n) is 4.23. The molecule has 0 aromatic heterocycles. The summed E-state index contributed by atoms with van der Waals surface area (Å²) in [4.78, 5) is 11.9. The molecule has 4 heteroatoms. The number of halogens is 2. The van der Waals surface area contributed by atoms with Crippen LogP contribution in [0.1, 0.15) is 28.9 Å². The molecule has 1 N–H and O–H groups in total. The molecule has 2 aromatic rings. The van der Waals surface area contributed by atoms with Crippen molar-refractivity contribution in [1.82, 2.24) is 5.32 Å². The molecule has 0 aliphatic carbocycles. The predicted octanol–water partition coefficient (Wildman–Crippen LogP) is 3.46. The van der Waals surface area contributed by atoms with Crippen LogP contribution < -0.4 is 5.32 Å². The van der Waals surface area contributed by atoms with E-state index in [9.17, 15) is 13.6 Å². The lowest BCUT2D eigenvalue weighted by Crippen LogP contribution is -2.27. The fourth-order valence-corrected chi connectivity index (χ4v) is 1.75. The number of amides is 1. The number of nitrogens with one attached hydrogen (secondary N) is 1. The molecule has 98 valence electrons. The van der Waals surface area contributed by atoms with Gasteiger partial charge in [-0.3, -0.25) is 4.79 Å². The monoisotopic (exact) mass is 261 g/mol. The van der Waals surface area contributed by atoms with Crippen molar-refractivity contribution in [2.45, 2.75) is 13.0 Å². The zero-order valence-corrected chi connectivity index (χ0v) is 10.4. The second kappa shape index (κ2) is 5.61. The first-order chi connectivity index (χ1) is 9.08. The van der Waals surface area contributed by atoms with Crippen molar-refractivity contribution < 1.29 is 13.6 Å². The molecule has 2 aromatic carbocycles. The van der Waals surface area contributed by atoms with Gasteiger partial charge < -0.3 is 5.32 Å². The van der Waals surface area contributed by atoms with E-state index in [0.29, 0.717) is 0 Å². The van der Waals surface area contributed by atoms with E-state index in [4.69, 9.17) is 0 Å². The Labute approximate surface area is 110 Å². The van der Waals surface area contributed by atoms with Gasteiger partial charge in [-0.2, -0.15) is 0 Å². The average Bonchev–Trinajstić information content (AvgIpc) is 2.39. The zero-order valence-electron chi connectivity index (χ0n) is 10.4. The lowest BCUT2D eigenvalue weighted by atomic mass is 10.1. The molecule has 1 amide bonds. The van der Waals surface area contributed by atoms with Gasteiger partial charge >= 0.3 is 0 Å². The van der Waals surface area contributed by atoms with Crippen LogP contribution in [0.2, 0.25) is 0 Å². The second-order valence-corrected chi connectivity index (χ2v) is 4.23. The van der Waals surface area contributed by atoms with E-state index in [1.165, 1.54) is 30.3 Å². The van der Waals surface area contributed by atoms with Crippen LogP contribution in [0, 0.1) is 11.6 Å². The highest BCUT2D eigenvalue weighted by Gasteiger charge is 2.14. The van der Waals surface area contributed by atoms with Gasteiger partial charge in [0.25, 0.3) is 5.91 Å². The number of hydrogen-bond acceptors (Lipinski definition) is 1. The van der Waals surface area contributed by atoms with E-state index in [0.717, 1.165) is 5.56 Å². The first-order valence-electron chi connectivity index (χ1n) is 5.89. The van der Waals surface area contributed by atoms with Gasteiger partial charge in [-0.25, -0.2) is 8.78 Å². The van der Waals surface area contributed by atoms with E-state index in [1.807, 2.05) is 0 Å². The van der Waals surface area contributed by atoms with Crippen molar-refractivity contribution >= 4 is 5.91 Å². The number of benzene rings is 2. The Hall–Kier alpha value is -2.23. The van der Waals surface area contributed by atoms with Crippen LogP contribution in [0.5, 0.6) is 0 Å². The Morgan fingerprint density at radius 3 is 2.32 bits per heavy atom. The maximum absolute atomic E-state index is 13.4. The third-order valence-electron chi connectivity index (χ3n) is 2.84. The fraction of sp³-hybridized carbons (Fsp3) is 0.133. The average molecular weight is 261 g/mol. The van der Waals surface area contributed by atoms with Crippen molar-refractivity contribution in [1.29, 1.82) is 0 Å². The summed E-state index contributed by atoms with van der Waals surface area (Å²) in [7, 11) is 0. The molecule has 0 spiro atoms.